The fourth-order valence-corrected chi connectivity index (χ4v) is 2.62. The second-order valence-electron chi connectivity index (χ2n) is 5.10. The van der Waals surface area contributed by atoms with Gasteiger partial charge in [0.2, 0.25) is 0 Å². The van der Waals surface area contributed by atoms with Crippen LogP contribution in [0.3, 0.4) is 0 Å². The van der Waals surface area contributed by atoms with Crippen LogP contribution >= 0.6 is 12.6 Å². The van der Waals surface area contributed by atoms with E-state index in [1.165, 1.54) is 31.4 Å². The van der Waals surface area contributed by atoms with Crippen LogP contribution in [0.25, 0.3) is 0 Å². The molecule has 0 aliphatic heterocycles. The zero-order valence-corrected chi connectivity index (χ0v) is 11.6. The zero-order chi connectivity index (χ0) is 12.1. The van der Waals surface area contributed by atoms with Crippen LogP contribution in [0.15, 0.2) is 30.3 Å². The molecule has 1 aliphatic rings. The molecule has 1 aromatic carbocycles. The number of hydrogen-bond acceptors (Lipinski definition) is 2. The highest BCUT2D eigenvalue weighted by Gasteiger charge is 2.29. The van der Waals surface area contributed by atoms with E-state index in [9.17, 15) is 0 Å². The first kappa shape index (κ1) is 13.0. The summed E-state index contributed by atoms with van der Waals surface area (Å²) in [7, 11) is 0. The van der Waals surface area contributed by atoms with Crippen LogP contribution in [0.5, 0.6) is 0 Å². The van der Waals surface area contributed by atoms with E-state index in [1.807, 2.05) is 0 Å². The second kappa shape index (κ2) is 6.46. The Bertz CT molecular complexity index is 317. The van der Waals surface area contributed by atoms with Crippen LogP contribution in [0, 0.1) is 5.92 Å². The predicted molar refractivity (Wildman–Crippen MR) is 77.5 cm³/mol. The minimum atomic E-state index is 0.739. The maximum Gasteiger partial charge on any atom is 0.0236 e. The van der Waals surface area contributed by atoms with Gasteiger partial charge >= 0.3 is 0 Å². The summed E-state index contributed by atoms with van der Waals surface area (Å²) in [5.41, 5.74) is 1.44. The van der Waals surface area contributed by atoms with Crippen molar-refractivity contribution in [1.82, 2.24) is 4.90 Å². The van der Waals surface area contributed by atoms with Crippen molar-refractivity contribution in [2.24, 2.45) is 5.92 Å². The topological polar surface area (TPSA) is 3.24 Å². The summed E-state index contributed by atoms with van der Waals surface area (Å²) in [6.07, 6.45) is 4.01. The lowest BCUT2D eigenvalue weighted by atomic mass is 10.1. The zero-order valence-electron chi connectivity index (χ0n) is 10.7. The summed E-state index contributed by atoms with van der Waals surface area (Å²) in [4.78, 5) is 2.65. The molecule has 1 aliphatic carbocycles. The second-order valence-corrected chi connectivity index (χ2v) is 5.47. The molecule has 1 unspecified atom stereocenters. The third-order valence-corrected chi connectivity index (χ3v) is 4.14. The monoisotopic (exact) mass is 249 g/mol. The Morgan fingerprint density at radius 1 is 1.29 bits per heavy atom. The van der Waals surface area contributed by atoms with Crippen molar-refractivity contribution in [3.8, 4) is 0 Å². The molecule has 0 spiro atoms. The van der Waals surface area contributed by atoms with Crippen molar-refractivity contribution in [2.75, 3.05) is 12.3 Å². The fourth-order valence-electron chi connectivity index (χ4n) is 2.25. The number of nitrogens with zero attached hydrogens (tertiary/aromatic N) is 1. The molecular formula is C15H23NS. The van der Waals surface area contributed by atoms with Gasteiger partial charge in [-0.3, -0.25) is 4.90 Å². The van der Waals surface area contributed by atoms with E-state index in [0.29, 0.717) is 0 Å². The van der Waals surface area contributed by atoms with E-state index in [-0.39, 0.29) is 0 Å². The molecule has 2 heteroatoms. The maximum absolute atomic E-state index is 4.46. The Kier molecular flexibility index (Phi) is 4.93. The molecule has 1 saturated carbocycles. The minimum absolute atomic E-state index is 0.739. The Balaban J connectivity index is 1.93. The Labute approximate surface area is 111 Å². The molecule has 1 fully saturated rings. The number of rotatable bonds is 7. The molecule has 0 aromatic heterocycles. The largest absolute Gasteiger partial charge is 0.296 e. The van der Waals surface area contributed by atoms with E-state index in [2.05, 4.69) is 54.8 Å². The van der Waals surface area contributed by atoms with Gasteiger partial charge in [0.05, 0.1) is 0 Å². The van der Waals surface area contributed by atoms with E-state index >= 15 is 0 Å². The van der Waals surface area contributed by atoms with Crippen molar-refractivity contribution >= 4 is 12.6 Å². The van der Waals surface area contributed by atoms with Gasteiger partial charge in [-0.25, -0.2) is 0 Å². The molecule has 0 amide bonds. The van der Waals surface area contributed by atoms with Crippen molar-refractivity contribution in [3.05, 3.63) is 35.9 Å². The molecule has 0 bridgehead atoms. The summed E-state index contributed by atoms with van der Waals surface area (Å²) in [5, 5.41) is 0. The van der Waals surface area contributed by atoms with Gasteiger partial charge in [-0.2, -0.15) is 12.6 Å². The highest BCUT2D eigenvalue weighted by Crippen LogP contribution is 2.29. The smallest absolute Gasteiger partial charge is 0.0236 e. The molecule has 0 N–H and O–H groups in total. The summed E-state index contributed by atoms with van der Waals surface area (Å²) >= 11 is 4.46. The highest BCUT2D eigenvalue weighted by molar-refractivity contribution is 7.80. The first-order valence-electron chi connectivity index (χ1n) is 6.72. The first-order valence-corrected chi connectivity index (χ1v) is 7.35. The van der Waals surface area contributed by atoms with Gasteiger partial charge in [-0.15, -0.1) is 0 Å². The van der Waals surface area contributed by atoms with Gasteiger partial charge in [0.1, 0.15) is 0 Å². The number of hydrogen-bond donors (Lipinski definition) is 1. The highest BCUT2D eigenvalue weighted by atomic mass is 32.1. The average molecular weight is 249 g/mol. The average Bonchev–Trinajstić information content (AvgIpc) is 3.20. The van der Waals surface area contributed by atoms with E-state index in [4.69, 9.17) is 0 Å². The molecule has 0 radical (unpaired) electrons. The summed E-state index contributed by atoms with van der Waals surface area (Å²) in [6, 6.07) is 11.7. The molecule has 94 valence electrons. The summed E-state index contributed by atoms with van der Waals surface area (Å²) < 4.78 is 0. The molecular weight excluding hydrogens is 226 g/mol. The van der Waals surface area contributed by atoms with Gasteiger partial charge in [-0.05, 0) is 30.1 Å². The molecule has 1 nitrogen and oxygen atoms in total. The summed E-state index contributed by atoms with van der Waals surface area (Å²) in [6.45, 7) is 4.59. The number of thiol groups is 1. The van der Waals surface area contributed by atoms with Crippen LogP contribution in [-0.4, -0.2) is 23.2 Å². The van der Waals surface area contributed by atoms with Gasteiger partial charge in [0.25, 0.3) is 0 Å². The molecule has 17 heavy (non-hydrogen) atoms. The van der Waals surface area contributed by atoms with Gasteiger partial charge in [0.15, 0.2) is 0 Å². The lowest BCUT2D eigenvalue weighted by Crippen LogP contribution is -2.31. The van der Waals surface area contributed by atoms with E-state index in [1.54, 1.807) is 0 Å². The first-order chi connectivity index (χ1) is 8.33. The van der Waals surface area contributed by atoms with Gasteiger partial charge in [0, 0.05) is 19.1 Å². The van der Waals surface area contributed by atoms with Crippen molar-refractivity contribution in [1.29, 1.82) is 0 Å². The number of benzene rings is 1. The van der Waals surface area contributed by atoms with Crippen LogP contribution in [0.2, 0.25) is 0 Å². The molecule has 1 aromatic rings. The normalized spacial score (nSPS) is 17.4. The van der Waals surface area contributed by atoms with Crippen LogP contribution in [0.1, 0.15) is 31.7 Å². The van der Waals surface area contributed by atoms with Crippen molar-refractivity contribution in [3.63, 3.8) is 0 Å². The Hall–Kier alpha value is -0.470. The van der Waals surface area contributed by atoms with Crippen molar-refractivity contribution < 1.29 is 0 Å². The maximum atomic E-state index is 4.46. The van der Waals surface area contributed by atoms with Crippen LogP contribution in [-0.2, 0) is 6.54 Å². The minimum Gasteiger partial charge on any atom is -0.296 e. The summed E-state index contributed by atoms with van der Waals surface area (Å²) in [5.74, 6) is 1.75. The van der Waals surface area contributed by atoms with Gasteiger partial charge in [-0.1, -0.05) is 43.7 Å². The standard InChI is InChI=1S/C15H23NS/c1-2-13(12-17)10-16(15-8-9-15)11-14-6-4-3-5-7-14/h3-7,13,15,17H,2,8-12H2,1H3. The SMILES string of the molecule is CCC(CS)CN(Cc1ccccc1)C1CC1. The molecule has 0 heterocycles. The van der Waals surface area contributed by atoms with E-state index in [0.717, 1.165) is 24.3 Å². The third kappa shape index (κ3) is 4.04. The molecule has 0 saturated heterocycles. The quantitative estimate of drug-likeness (QED) is 0.723. The predicted octanol–water partition coefficient (Wildman–Crippen LogP) is 3.61. The van der Waals surface area contributed by atoms with Crippen LogP contribution in [0.4, 0.5) is 0 Å². The Morgan fingerprint density at radius 3 is 2.53 bits per heavy atom. The lowest BCUT2D eigenvalue weighted by Gasteiger charge is -2.26. The van der Waals surface area contributed by atoms with Crippen LogP contribution < -0.4 is 0 Å². The lowest BCUT2D eigenvalue weighted by molar-refractivity contribution is 0.219. The molecule has 2 rings (SSSR count). The fraction of sp³-hybridized carbons (Fsp3) is 0.600. The van der Waals surface area contributed by atoms with E-state index < -0.39 is 0 Å². The third-order valence-electron chi connectivity index (χ3n) is 3.62. The Morgan fingerprint density at radius 2 is 2.00 bits per heavy atom. The van der Waals surface area contributed by atoms with Gasteiger partial charge < -0.3 is 0 Å². The molecule has 1 atom stereocenters. The van der Waals surface area contributed by atoms with Crippen molar-refractivity contribution in [2.45, 2.75) is 38.8 Å².